The number of carbonyl (C=O) groups is 2. The Kier molecular flexibility index (Phi) is 7.59. The van der Waals surface area contributed by atoms with Gasteiger partial charge in [-0.3, -0.25) is 9.59 Å². The van der Waals surface area contributed by atoms with Crippen LogP contribution >= 0.6 is 11.8 Å². The van der Waals surface area contributed by atoms with Gasteiger partial charge in [0, 0.05) is 13.0 Å². The van der Waals surface area contributed by atoms with Gasteiger partial charge in [0.05, 0.1) is 11.4 Å². The van der Waals surface area contributed by atoms with Crippen LogP contribution in [0.15, 0.2) is 0 Å². The summed E-state index contributed by atoms with van der Waals surface area (Å²) in [6.45, 7) is 4.08. The van der Waals surface area contributed by atoms with Crippen LogP contribution in [0, 0.1) is 11.8 Å². The number of carbonyl (C=O) groups excluding carboxylic acids is 2. The Morgan fingerprint density at radius 1 is 1.30 bits per heavy atom. The predicted octanol–water partition coefficient (Wildman–Crippen LogP) is 2.00. The van der Waals surface area contributed by atoms with Crippen molar-refractivity contribution in [2.45, 2.75) is 57.3 Å². The van der Waals surface area contributed by atoms with Crippen molar-refractivity contribution in [1.29, 1.82) is 0 Å². The molecule has 1 saturated carbocycles. The number of hydrogen-bond donors (Lipinski definition) is 2. The van der Waals surface area contributed by atoms with Crippen molar-refractivity contribution in [3.8, 4) is 0 Å². The van der Waals surface area contributed by atoms with Crippen molar-refractivity contribution in [2.24, 2.45) is 11.8 Å². The van der Waals surface area contributed by atoms with Gasteiger partial charge in [0.2, 0.25) is 5.91 Å². The lowest BCUT2D eigenvalue weighted by molar-refractivity contribution is -0.124. The van der Waals surface area contributed by atoms with Gasteiger partial charge >= 0.3 is 0 Å². The van der Waals surface area contributed by atoms with E-state index < -0.39 is 0 Å². The van der Waals surface area contributed by atoms with Gasteiger partial charge in [-0.2, -0.15) is 11.8 Å². The molecule has 1 amide bonds. The molecule has 4 nitrogen and oxygen atoms in total. The number of ketones is 1. The number of thioether (sulfide) groups is 1. The second-order valence-corrected chi connectivity index (χ2v) is 6.94. The molecule has 0 aromatic heterocycles. The van der Waals surface area contributed by atoms with Gasteiger partial charge in [0.15, 0.2) is 0 Å². The number of hydrogen-bond acceptors (Lipinski definition) is 4. The molecule has 5 heteroatoms. The zero-order chi connectivity index (χ0) is 15.1. The third-order valence-corrected chi connectivity index (χ3v) is 5.14. The Morgan fingerprint density at radius 2 is 1.90 bits per heavy atom. The minimum Gasteiger partial charge on any atom is -0.393 e. The van der Waals surface area contributed by atoms with E-state index in [1.165, 1.54) is 18.7 Å². The van der Waals surface area contributed by atoms with Crippen molar-refractivity contribution in [3.05, 3.63) is 0 Å². The Labute approximate surface area is 126 Å². The van der Waals surface area contributed by atoms with Crippen LogP contribution in [0.3, 0.4) is 0 Å². The van der Waals surface area contributed by atoms with Crippen molar-refractivity contribution >= 4 is 23.5 Å². The maximum Gasteiger partial charge on any atom is 0.233 e. The first-order valence-electron chi connectivity index (χ1n) is 7.42. The number of nitrogens with one attached hydrogen (secondary N) is 1. The summed E-state index contributed by atoms with van der Waals surface area (Å²) < 4.78 is 0. The fourth-order valence-corrected chi connectivity index (χ4v) is 3.48. The summed E-state index contributed by atoms with van der Waals surface area (Å²) in [5.74, 6) is 0.953. The second-order valence-electron chi connectivity index (χ2n) is 5.90. The normalized spacial score (nSPS) is 25.8. The van der Waals surface area contributed by atoms with Crippen molar-refractivity contribution in [3.63, 3.8) is 0 Å². The van der Waals surface area contributed by atoms with Gasteiger partial charge in [0.1, 0.15) is 5.78 Å². The second kappa shape index (κ2) is 8.67. The summed E-state index contributed by atoms with van der Waals surface area (Å²) in [5.41, 5.74) is 0. The molecule has 0 aromatic carbocycles. The number of rotatable bonds is 7. The summed E-state index contributed by atoms with van der Waals surface area (Å²) in [6, 6.07) is 0. The highest BCUT2D eigenvalue weighted by Crippen LogP contribution is 2.30. The Balaban J connectivity index is 2.29. The third-order valence-electron chi connectivity index (χ3n) is 4.19. The van der Waals surface area contributed by atoms with Crippen LogP contribution in [0.5, 0.6) is 0 Å². The van der Waals surface area contributed by atoms with Crippen LogP contribution in [-0.4, -0.2) is 41.0 Å². The number of aliphatic hydroxyl groups excluding tert-OH is 1. The van der Waals surface area contributed by atoms with Crippen molar-refractivity contribution in [1.82, 2.24) is 5.32 Å². The SMILES string of the molecule is CSC(CC(C)=O)C(=O)NCC1CCC(C(C)O)CC1. The fourth-order valence-electron chi connectivity index (χ4n) is 2.78. The summed E-state index contributed by atoms with van der Waals surface area (Å²) in [4.78, 5) is 23.1. The van der Waals surface area contributed by atoms with Gasteiger partial charge in [-0.15, -0.1) is 0 Å². The minimum atomic E-state index is -0.263. The zero-order valence-electron chi connectivity index (χ0n) is 12.7. The molecule has 20 heavy (non-hydrogen) atoms. The molecule has 1 aliphatic carbocycles. The lowest BCUT2D eigenvalue weighted by Gasteiger charge is -2.30. The molecule has 2 N–H and O–H groups in total. The van der Waals surface area contributed by atoms with Crippen molar-refractivity contribution < 1.29 is 14.7 Å². The Bertz CT molecular complexity index is 325. The zero-order valence-corrected chi connectivity index (χ0v) is 13.5. The molecule has 0 bridgehead atoms. The molecule has 0 saturated heterocycles. The van der Waals surface area contributed by atoms with Gasteiger partial charge in [-0.25, -0.2) is 0 Å². The molecule has 1 fully saturated rings. The maximum atomic E-state index is 12.0. The molecule has 0 spiro atoms. The van der Waals surface area contributed by atoms with Crippen LogP contribution in [-0.2, 0) is 9.59 Å². The number of aliphatic hydroxyl groups is 1. The van der Waals surface area contributed by atoms with Gasteiger partial charge < -0.3 is 10.4 Å². The average molecular weight is 301 g/mol. The van der Waals surface area contributed by atoms with E-state index in [4.69, 9.17) is 0 Å². The highest BCUT2D eigenvalue weighted by Gasteiger charge is 2.25. The van der Waals surface area contributed by atoms with E-state index in [0.29, 0.717) is 24.8 Å². The molecule has 2 atom stereocenters. The first kappa shape index (κ1) is 17.5. The maximum absolute atomic E-state index is 12.0. The van der Waals surface area contributed by atoms with Crippen LogP contribution in [0.1, 0.15) is 46.0 Å². The summed E-state index contributed by atoms with van der Waals surface area (Å²) >= 11 is 1.43. The standard InChI is InChI=1S/C15H27NO3S/c1-10(17)8-14(20-3)15(19)16-9-12-4-6-13(7-5-12)11(2)18/h11-14,18H,4-9H2,1-3H3,(H,16,19). The molecular formula is C15H27NO3S. The number of Topliss-reactive ketones (excluding diaryl/α,β-unsaturated/α-hetero) is 1. The van der Waals surface area contributed by atoms with E-state index in [2.05, 4.69) is 5.32 Å². The van der Waals surface area contributed by atoms with E-state index in [0.717, 1.165) is 25.7 Å². The molecule has 1 aliphatic rings. The van der Waals surface area contributed by atoms with Crippen LogP contribution in [0.25, 0.3) is 0 Å². The highest BCUT2D eigenvalue weighted by atomic mass is 32.2. The van der Waals surface area contributed by atoms with Crippen LogP contribution in [0.4, 0.5) is 0 Å². The predicted molar refractivity (Wildman–Crippen MR) is 82.7 cm³/mol. The smallest absolute Gasteiger partial charge is 0.233 e. The molecule has 2 unspecified atom stereocenters. The first-order chi connectivity index (χ1) is 9.43. The minimum absolute atomic E-state index is 0.0228. The lowest BCUT2D eigenvalue weighted by Crippen LogP contribution is -2.38. The van der Waals surface area contributed by atoms with Gasteiger partial charge in [-0.05, 0) is 57.6 Å². The highest BCUT2D eigenvalue weighted by molar-refractivity contribution is 7.99. The summed E-state index contributed by atoms with van der Waals surface area (Å²) in [6.07, 6.45) is 6.15. The molecule has 0 aliphatic heterocycles. The molecule has 0 aromatic rings. The van der Waals surface area contributed by atoms with Crippen molar-refractivity contribution in [2.75, 3.05) is 12.8 Å². The van der Waals surface area contributed by atoms with Gasteiger partial charge in [-0.1, -0.05) is 0 Å². The van der Waals surface area contributed by atoms with Crippen LogP contribution < -0.4 is 5.32 Å². The Morgan fingerprint density at radius 3 is 2.35 bits per heavy atom. The molecular weight excluding hydrogens is 274 g/mol. The summed E-state index contributed by atoms with van der Waals surface area (Å²) in [7, 11) is 0. The molecule has 1 rings (SSSR count). The lowest BCUT2D eigenvalue weighted by atomic mass is 9.80. The Hall–Kier alpha value is -0.550. The summed E-state index contributed by atoms with van der Waals surface area (Å²) in [5, 5.41) is 12.3. The van der Waals surface area contributed by atoms with Gasteiger partial charge in [0.25, 0.3) is 0 Å². The molecule has 0 radical (unpaired) electrons. The van der Waals surface area contributed by atoms with Crippen LogP contribution in [0.2, 0.25) is 0 Å². The molecule has 116 valence electrons. The first-order valence-corrected chi connectivity index (χ1v) is 8.70. The van der Waals surface area contributed by atoms with E-state index in [1.54, 1.807) is 0 Å². The number of amides is 1. The van der Waals surface area contributed by atoms with E-state index in [-0.39, 0.29) is 23.0 Å². The quantitative estimate of drug-likeness (QED) is 0.755. The topological polar surface area (TPSA) is 66.4 Å². The molecule has 0 heterocycles. The van der Waals surface area contributed by atoms with E-state index in [9.17, 15) is 14.7 Å². The largest absolute Gasteiger partial charge is 0.393 e. The third kappa shape index (κ3) is 5.83. The monoisotopic (exact) mass is 301 g/mol. The van der Waals surface area contributed by atoms with E-state index >= 15 is 0 Å². The van der Waals surface area contributed by atoms with E-state index in [1.807, 2.05) is 13.2 Å². The average Bonchev–Trinajstić information content (AvgIpc) is 2.42. The fraction of sp³-hybridized carbons (Fsp3) is 0.867.